The number of aliphatic hydroxyl groups is 1. The van der Waals surface area contributed by atoms with Crippen LogP contribution in [0, 0.1) is 5.92 Å². The van der Waals surface area contributed by atoms with Gasteiger partial charge in [-0.3, -0.25) is 4.79 Å². The van der Waals surface area contributed by atoms with Crippen molar-refractivity contribution in [3.05, 3.63) is 36.7 Å². The Bertz CT molecular complexity index is 1450. The highest BCUT2D eigenvalue weighted by atomic mass is 32.2. The van der Waals surface area contributed by atoms with Gasteiger partial charge in [0.1, 0.15) is 5.75 Å². The molecule has 1 amide bonds. The minimum Gasteiger partial charge on any atom is -0.493 e. The van der Waals surface area contributed by atoms with Crippen LogP contribution in [-0.4, -0.2) is 100 Å². The number of fused-ring (bicyclic) bond motifs is 1. The summed E-state index contributed by atoms with van der Waals surface area (Å²) < 4.78 is 32.9. The van der Waals surface area contributed by atoms with Crippen LogP contribution in [0.5, 0.6) is 5.75 Å². The predicted octanol–water partition coefficient (Wildman–Crippen LogP) is 2.43. The van der Waals surface area contributed by atoms with Crippen molar-refractivity contribution in [1.29, 1.82) is 0 Å². The molecule has 1 aromatic carbocycles. The fraction of sp³-hybridized carbons (Fsp3) is 0.571. The van der Waals surface area contributed by atoms with E-state index in [1.807, 2.05) is 23.1 Å². The minimum atomic E-state index is -3.26. The molecule has 1 aliphatic heterocycles. The molecule has 0 radical (unpaired) electrons. The summed E-state index contributed by atoms with van der Waals surface area (Å²) in [6.45, 7) is 1.57. The third kappa shape index (κ3) is 6.96. The van der Waals surface area contributed by atoms with E-state index in [9.17, 15) is 18.3 Å². The van der Waals surface area contributed by atoms with Crippen LogP contribution in [0.3, 0.4) is 0 Å². The molecule has 1 saturated carbocycles. The van der Waals surface area contributed by atoms with Crippen LogP contribution >= 0.6 is 0 Å². The largest absolute Gasteiger partial charge is 0.493 e. The molecule has 2 N–H and O–H groups in total. The number of carbonyl (C=O) groups is 1. The average Bonchev–Trinajstić information content (AvgIpc) is 3.41. The van der Waals surface area contributed by atoms with E-state index in [-0.39, 0.29) is 36.3 Å². The fourth-order valence-corrected chi connectivity index (χ4v) is 6.34. The lowest BCUT2D eigenvalue weighted by Gasteiger charge is -2.35. The van der Waals surface area contributed by atoms with Crippen LogP contribution in [-0.2, 0) is 14.8 Å². The molecule has 0 atom stereocenters. The summed E-state index contributed by atoms with van der Waals surface area (Å²) in [4.78, 5) is 24.0. The molecule has 5 rings (SSSR count). The zero-order valence-electron chi connectivity index (χ0n) is 23.6. The number of amides is 1. The number of aromatic nitrogens is 4. The average molecular weight is 586 g/mol. The number of carbonyl (C=O) groups excluding carboxylic acids is 1. The Hall–Kier alpha value is -3.29. The predicted molar refractivity (Wildman–Crippen MR) is 155 cm³/mol. The first-order valence-corrected chi connectivity index (χ1v) is 15.9. The molecule has 12 nitrogen and oxygen atoms in total. The molecule has 1 aliphatic carbocycles. The van der Waals surface area contributed by atoms with Crippen LogP contribution in [0.15, 0.2) is 36.7 Å². The number of hydrogen-bond acceptors (Lipinski definition) is 9. The third-order valence-electron chi connectivity index (χ3n) is 7.98. The summed E-state index contributed by atoms with van der Waals surface area (Å²) >= 11 is 0. The van der Waals surface area contributed by atoms with Gasteiger partial charge in [0.2, 0.25) is 21.9 Å². The Morgan fingerprint density at radius 3 is 2.61 bits per heavy atom. The first-order valence-electron chi connectivity index (χ1n) is 14.3. The smallest absolute Gasteiger partial charge is 0.225 e. The molecule has 2 aromatic heterocycles. The van der Waals surface area contributed by atoms with Crippen molar-refractivity contribution in [2.24, 2.45) is 5.92 Å². The van der Waals surface area contributed by atoms with Crippen LogP contribution in [0.1, 0.15) is 44.9 Å². The van der Waals surface area contributed by atoms with Gasteiger partial charge >= 0.3 is 0 Å². The molecule has 2 fully saturated rings. The van der Waals surface area contributed by atoms with Gasteiger partial charge in [-0.25, -0.2) is 22.4 Å². The fourth-order valence-electron chi connectivity index (χ4n) is 5.49. The van der Waals surface area contributed by atoms with Gasteiger partial charge < -0.3 is 20.1 Å². The van der Waals surface area contributed by atoms with Crippen LogP contribution in [0.4, 0.5) is 5.95 Å². The summed E-state index contributed by atoms with van der Waals surface area (Å²) in [5.41, 5.74) is 0.817. The Morgan fingerprint density at radius 2 is 1.88 bits per heavy atom. The van der Waals surface area contributed by atoms with Gasteiger partial charge in [-0.1, -0.05) is 6.07 Å². The standard InChI is InChI=1S/C28H39N7O5S/c1-33(2)41(38,39)18-4-17-40-25-6-3-5-24-23(25)19-30-35(24)26-11-14-29-28(32-26)31-21-9-7-20(8-10-21)27(37)34-15-12-22(36)13-16-34/h3,5-6,11,14,19-22,36H,4,7-10,12-13,15-18H2,1-2H3,(H,29,31,32). The first kappa shape index (κ1) is 29.2. The zero-order chi connectivity index (χ0) is 29.0. The van der Waals surface area contributed by atoms with E-state index >= 15 is 0 Å². The molecule has 3 aromatic rings. The van der Waals surface area contributed by atoms with E-state index in [1.54, 1.807) is 23.1 Å². The van der Waals surface area contributed by atoms with Crippen molar-refractivity contribution < 1.29 is 23.1 Å². The molecule has 222 valence electrons. The lowest BCUT2D eigenvalue weighted by molar-refractivity contribution is -0.138. The lowest BCUT2D eigenvalue weighted by Crippen LogP contribution is -2.44. The highest BCUT2D eigenvalue weighted by Crippen LogP contribution is 2.30. The number of hydrogen-bond donors (Lipinski definition) is 2. The van der Waals surface area contributed by atoms with Crippen LogP contribution in [0.25, 0.3) is 16.7 Å². The second-order valence-corrected chi connectivity index (χ2v) is 13.3. The van der Waals surface area contributed by atoms with E-state index in [1.165, 1.54) is 18.4 Å². The van der Waals surface area contributed by atoms with Gasteiger partial charge in [0, 0.05) is 51.4 Å². The monoisotopic (exact) mass is 585 g/mol. The first-order chi connectivity index (χ1) is 19.7. The van der Waals surface area contributed by atoms with E-state index < -0.39 is 10.0 Å². The van der Waals surface area contributed by atoms with Crippen LogP contribution in [0.2, 0.25) is 0 Å². The summed E-state index contributed by atoms with van der Waals surface area (Å²) in [6.07, 6.45) is 8.22. The molecular formula is C28H39N7O5S. The SMILES string of the molecule is CN(C)S(=O)(=O)CCCOc1cccc2c1cnn2-c1ccnc(NC2CCC(C(=O)N3CCC(O)CC3)CC2)n1. The Balaban J connectivity index is 1.18. The number of nitrogens with one attached hydrogen (secondary N) is 1. The van der Waals surface area contributed by atoms with E-state index in [0.29, 0.717) is 49.9 Å². The van der Waals surface area contributed by atoms with Gasteiger partial charge in [-0.2, -0.15) is 10.1 Å². The molecule has 13 heteroatoms. The Labute approximate surface area is 240 Å². The Morgan fingerprint density at radius 1 is 1.12 bits per heavy atom. The second kappa shape index (κ2) is 12.7. The van der Waals surface area contributed by atoms with Gasteiger partial charge in [0.15, 0.2) is 5.82 Å². The van der Waals surface area contributed by atoms with Crippen molar-refractivity contribution in [3.8, 4) is 11.6 Å². The maximum Gasteiger partial charge on any atom is 0.225 e. The highest BCUT2D eigenvalue weighted by molar-refractivity contribution is 7.89. The number of piperidine rings is 1. The third-order valence-corrected chi connectivity index (χ3v) is 9.90. The van der Waals surface area contributed by atoms with Gasteiger partial charge in [-0.15, -0.1) is 0 Å². The topological polar surface area (TPSA) is 143 Å². The number of likely N-dealkylation sites (tertiary alicyclic amines) is 1. The van der Waals surface area contributed by atoms with Crippen molar-refractivity contribution >= 4 is 32.8 Å². The molecular weight excluding hydrogens is 546 g/mol. The zero-order valence-corrected chi connectivity index (χ0v) is 24.5. The number of ether oxygens (including phenoxy) is 1. The summed E-state index contributed by atoms with van der Waals surface area (Å²) in [7, 11) is -0.213. The minimum absolute atomic E-state index is 0.0212. The van der Waals surface area contributed by atoms with Crippen molar-refractivity contribution in [3.63, 3.8) is 0 Å². The second-order valence-electron chi connectivity index (χ2n) is 11.0. The van der Waals surface area contributed by atoms with E-state index in [2.05, 4.69) is 15.4 Å². The summed E-state index contributed by atoms with van der Waals surface area (Å²) in [6, 6.07) is 7.63. The molecule has 2 aliphatic rings. The van der Waals surface area contributed by atoms with Crippen LogP contribution < -0.4 is 10.1 Å². The van der Waals surface area contributed by atoms with Crippen molar-refractivity contribution in [2.75, 3.05) is 44.9 Å². The number of rotatable bonds is 10. The molecule has 3 heterocycles. The van der Waals surface area contributed by atoms with E-state index in [4.69, 9.17) is 9.72 Å². The van der Waals surface area contributed by atoms with Crippen molar-refractivity contribution in [1.82, 2.24) is 29.0 Å². The number of anilines is 1. The Kier molecular flexibility index (Phi) is 9.05. The van der Waals surface area contributed by atoms with Gasteiger partial charge in [-0.05, 0) is 57.1 Å². The maximum atomic E-state index is 12.9. The van der Waals surface area contributed by atoms with Gasteiger partial charge in [0.25, 0.3) is 0 Å². The lowest BCUT2D eigenvalue weighted by atomic mass is 9.85. The molecule has 0 spiro atoms. The number of benzene rings is 1. The molecule has 0 bridgehead atoms. The molecule has 0 unspecified atom stereocenters. The summed E-state index contributed by atoms with van der Waals surface area (Å²) in [5.74, 6) is 2.05. The quantitative estimate of drug-likeness (QED) is 0.343. The summed E-state index contributed by atoms with van der Waals surface area (Å²) in [5, 5.41) is 18.5. The number of sulfonamides is 1. The van der Waals surface area contributed by atoms with Gasteiger partial charge in [0.05, 0.1) is 35.6 Å². The number of nitrogens with zero attached hydrogens (tertiary/aromatic N) is 6. The highest BCUT2D eigenvalue weighted by Gasteiger charge is 2.31. The van der Waals surface area contributed by atoms with E-state index in [0.717, 1.165) is 36.6 Å². The molecule has 1 saturated heterocycles. The number of aliphatic hydroxyl groups excluding tert-OH is 1. The maximum absolute atomic E-state index is 12.9. The normalized spacial score (nSPS) is 20.4. The molecule has 41 heavy (non-hydrogen) atoms. The van der Waals surface area contributed by atoms with Crippen molar-refractivity contribution in [2.45, 2.75) is 57.1 Å².